The van der Waals surface area contributed by atoms with Crippen LogP contribution in [0.4, 0.5) is 105 Å². The lowest BCUT2D eigenvalue weighted by atomic mass is 10.1. The van der Waals surface area contributed by atoms with E-state index in [0.717, 1.165) is 0 Å². The molecule has 0 aromatic heterocycles. The number of halogens is 24. The minimum atomic E-state index is -10.2. The highest BCUT2D eigenvalue weighted by atomic mass is 32.2. The van der Waals surface area contributed by atoms with Crippen molar-refractivity contribution >= 4 is 18.8 Å². The summed E-state index contributed by atoms with van der Waals surface area (Å²) in [5.41, 5.74) is -8.75. The average molecular weight is 745 g/mol. The van der Waals surface area contributed by atoms with Gasteiger partial charge < -0.3 is 0 Å². The lowest BCUT2D eigenvalue weighted by Gasteiger charge is -2.43. The second-order valence-electron chi connectivity index (χ2n) is 7.03. The first-order valence-electron chi connectivity index (χ1n) is 8.65. The molecule has 0 aromatic rings. The van der Waals surface area contributed by atoms with Crippen LogP contribution in [0.1, 0.15) is 0 Å². The van der Waals surface area contributed by atoms with E-state index in [1.54, 1.807) is 0 Å². The van der Waals surface area contributed by atoms with E-state index in [0.29, 0.717) is 0 Å². The number of alkyl halides is 24. The van der Waals surface area contributed by atoms with Crippen molar-refractivity contribution in [1.29, 1.82) is 0 Å². The predicted molar refractivity (Wildman–Crippen MR) is 79.6 cm³/mol. The Hall–Kier alpha value is -1.67. The van der Waals surface area contributed by atoms with Crippen molar-refractivity contribution in [3.05, 3.63) is 0 Å². The Morgan fingerprint density at radius 2 is 0.767 bits per heavy atom. The first-order valence-corrected chi connectivity index (χ1v) is 11.8. The van der Waals surface area contributed by atoms with E-state index in [1.165, 1.54) is 13.3 Å². The fourth-order valence-corrected chi connectivity index (χ4v) is 5.31. The van der Waals surface area contributed by atoms with Crippen molar-refractivity contribution in [2.24, 2.45) is 0 Å². The first kappa shape index (κ1) is 41.3. The van der Waals surface area contributed by atoms with Gasteiger partial charge in [0.25, 0.3) is 10.0 Å². The van der Waals surface area contributed by atoms with E-state index >= 15 is 0 Å². The van der Waals surface area contributed by atoms with Crippen LogP contribution in [0.15, 0.2) is 0 Å². The Bertz CT molecular complexity index is 1060. The van der Waals surface area contributed by atoms with Crippen LogP contribution in [0, 0.1) is 0 Å². The van der Waals surface area contributed by atoms with E-state index in [9.17, 15) is 114 Å². The Labute approximate surface area is 218 Å². The van der Waals surface area contributed by atoms with Crippen LogP contribution in [0.2, 0.25) is 0 Å². The molecule has 0 amide bonds. The summed E-state index contributed by atoms with van der Waals surface area (Å²) in [5, 5.41) is -8.50. The molecule has 6 nitrogen and oxygen atoms in total. The van der Waals surface area contributed by atoms with Crippen molar-refractivity contribution in [1.82, 2.24) is 4.31 Å². The largest absolute Gasteiger partial charge is 0.601 e. The number of nitrogens with zero attached hydrogens (tertiary/aromatic N) is 1. The maximum atomic E-state index is 14.4. The number of rotatable bonds is 11. The Kier molecular flexibility index (Phi) is 10.3. The smallest absolute Gasteiger partial charge is 0.280 e. The molecule has 0 spiro atoms. The SMILES string of the molecule is CN(C(F)(F)C(F)(F)C(F)(F)[Si](OC(F)(F)F)(OC(F)(F)F)OC(F)(F)F)S(=O)(=O)C(F)(F)C(F)(F)C(F)(F)C(F)(F)F. The molecule has 0 radical (unpaired) electrons. The maximum absolute atomic E-state index is 14.4. The zero-order valence-corrected chi connectivity index (χ0v) is 20.3. The maximum Gasteiger partial charge on any atom is 0.601 e. The number of hydrogen-bond acceptors (Lipinski definition) is 5. The summed E-state index contributed by atoms with van der Waals surface area (Å²) in [6, 6.07) is -8.40. The topological polar surface area (TPSA) is 65.1 Å². The predicted octanol–water partition coefficient (Wildman–Crippen LogP) is 6.62. The molecule has 0 aliphatic heterocycles. The second-order valence-corrected chi connectivity index (χ2v) is 11.4. The highest BCUT2D eigenvalue weighted by Crippen LogP contribution is 2.59. The summed E-state index contributed by atoms with van der Waals surface area (Å²) in [6.07, 6.45) is -30.6. The van der Waals surface area contributed by atoms with Crippen molar-refractivity contribution < 1.29 is 127 Å². The molecule has 260 valence electrons. The molecule has 0 saturated carbocycles. The molecule has 43 heavy (non-hydrogen) atoms. The number of sulfonamides is 1. The monoisotopic (exact) mass is 745 g/mol. The molecule has 0 heterocycles. The fourth-order valence-electron chi connectivity index (χ4n) is 2.14. The van der Waals surface area contributed by atoms with Crippen LogP contribution >= 0.6 is 0 Å². The molecule has 0 atom stereocenters. The van der Waals surface area contributed by atoms with Crippen LogP contribution in [0.3, 0.4) is 0 Å². The minimum Gasteiger partial charge on any atom is -0.280 e. The quantitative estimate of drug-likeness (QED) is 0.135. The second kappa shape index (κ2) is 10.7. The number of hydrogen-bond donors (Lipinski definition) is 0. The Morgan fingerprint density at radius 3 is 1.00 bits per heavy atom. The van der Waals surface area contributed by atoms with Gasteiger partial charge in [-0.1, -0.05) is 0 Å². The third kappa shape index (κ3) is 7.10. The van der Waals surface area contributed by atoms with Crippen LogP contribution in [-0.4, -0.2) is 88.5 Å². The molecule has 0 saturated heterocycles. The van der Waals surface area contributed by atoms with Gasteiger partial charge in [-0.25, -0.2) is 8.42 Å². The van der Waals surface area contributed by atoms with Gasteiger partial charge >= 0.3 is 68.7 Å². The summed E-state index contributed by atoms with van der Waals surface area (Å²) < 4.78 is 338. The van der Waals surface area contributed by atoms with E-state index in [-0.39, 0.29) is 0 Å². The molecule has 0 aliphatic rings. The van der Waals surface area contributed by atoms with E-state index in [2.05, 4.69) is 0 Å². The molecule has 0 rings (SSSR count). The average Bonchev–Trinajstić information content (AvgIpc) is 2.67. The molecule has 0 fully saturated rings. The van der Waals surface area contributed by atoms with Crippen LogP contribution in [0.25, 0.3) is 0 Å². The Morgan fingerprint density at radius 1 is 0.488 bits per heavy atom. The molecule has 0 bridgehead atoms. The summed E-state index contributed by atoms with van der Waals surface area (Å²) in [6.45, 7) is 0. The summed E-state index contributed by atoms with van der Waals surface area (Å²) in [5.74, 6) is -25.8. The lowest BCUT2D eigenvalue weighted by molar-refractivity contribution is -0.399. The zero-order chi connectivity index (χ0) is 35.7. The Balaban J connectivity index is 7.59. The fraction of sp³-hybridized carbons (Fsp3) is 1.00. The third-order valence-electron chi connectivity index (χ3n) is 4.10. The van der Waals surface area contributed by atoms with Gasteiger partial charge in [-0.2, -0.15) is 65.9 Å². The van der Waals surface area contributed by atoms with Gasteiger partial charge in [-0.3, -0.25) is 13.3 Å². The third-order valence-corrected chi connectivity index (χ3v) is 8.54. The molecular weight excluding hydrogens is 742 g/mol. The summed E-state index contributed by atoms with van der Waals surface area (Å²) in [7, 11) is -21.2. The van der Waals surface area contributed by atoms with Gasteiger partial charge in [-0.05, 0) is 0 Å². The molecule has 0 aromatic carbocycles. The summed E-state index contributed by atoms with van der Waals surface area (Å²) in [4.78, 5) is 0. The standard InChI is InChI=1S/C11H3F24NO5SSi/c1-36(42(37,38)7(23,24)3(14,15)2(12,13)5(18,19)20)6(21,22)4(16,17)8(25,26)43(39-9(27,28)29,40-10(30,31)32)41-11(33,34)35/h1H3. The van der Waals surface area contributed by atoms with Gasteiger partial charge in [0.05, 0.1) is 0 Å². The lowest BCUT2D eigenvalue weighted by Crippen LogP contribution is -2.77. The normalized spacial score (nSPS) is 16.7. The molecule has 0 N–H and O–H groups in total. The van der Waals surface area contributed by atoms with Crippen LogP contribution in [0.5, 0.6) is 0 Å². The van der Waals surface area contributed by atoms with Crippen molar-refractivity contribution in [3.63, 3.8) is 0 Å². The van der Waals surface area contributed by atoms with Crippen LogP contribution < -0.4 is 0 Å². The van der Waals surface area contributed by atoms with Gasteiger partial charge in [0.15, 0.2) is 0 Å². The van der Waals surface area contributed by atoms with Gasteiger partial charge in [0, 0.05) is 7.05 Å². The minimum absolute atomic E-state index is 1.52. The van der Waals surface area contributed by atoms with Crippen molar-refractivity contribution in [3.8, 4) is 0 Å². The molecule has 32 heteroatoms. The highest BCUT2D eigenvalue weighted by molar-refractivity contribution is 7.90. The van der Waals surface area contributed by atoms with Gasteiger partial charge in [0.2, 0.25) is 0 Å². The molecule has 0 unspecified atom stereocenters. The summed E-state index contributed by atoms with van der Waals surface area (Å²) >= 11 is 0. The molecule has 0 aliphatic carbocycles. The first-order chi connectivity index (χ1) is 18.0. The van der Waals surface area contributed by atoms with E-state index in [1.807, 2.05) is 0 Å². The van der Waals surface area contributed by atoms with Gasteiger partial charge in [-0.15, -0.1) is 43.8 Å². The van der Waals surface area contributed by atoms with Crippen LogP contribution in [-0.2, 0) is 23.3 Å². The van der Waals surface area contributed by atoms with Gasteiger partial charge in [0.1, 0.15) is 0 Å². The zero-order valence-electron chi connectivity index (χ0n) is 18.5. The van der Waals surface area contributed by atoms with E-state index < -0.39 is 90.1 Å². The van der Waals surface area contributed by atoms with Crippen molar-refractivity contribution in [2.75, 3.05) is 7.05 Å². The van der Waals surface area contributed by atoms with E-state index in [4.69, 9.17) is 0 Å². The molecular formula is C11H3F24NO5SSi. The highest BCUT2D eigenvalue weighted by Gasteiger charge is 2.92. The van der Waals surface area contributed by atoms with Crippen molar-refractivity contribution in [2.45, 2.75) is 59.9 Å².